The largest absolute Gasteiger partial charge is 0.488 e. The average molecular weight is 449 g/mol. The number of nitrogens with one attached hydrogen (secondary N) is 1. The van der Waals surface area contributed by atoms with E-state index in [2.05, 4.69) is 12.2 Å². The Morgan fingerprint density at radius 3 is 2.39 bits per heavy atom. The zero-order valence-electron chi connectivity index (χ0n) is 19.4. The van der Waals surface area contributed by atoms with Gasteiger partial charge in [0.1, 0.15) is 24.0 Å². The van der Waals surface area contributed by atoms with Gasteiger partial charge in [-0.05, 0) is 36.3 Å². The van der Waals surface area contributed by atoms with Crippen LogP contribution >= 0.6 is 0 Å². The van der Waals surface area contributed by atoms with Gasteiger partial charge in [-0.3, -0.25) is 4.79 Å². The molecule has 174 valence electrons. The fourth-order valence-electron chi connectivity index (χ4n) is 3.25. The van der Waals surface area contributed by atoms with Crippen molar-refractivity contribution in [1.82, 2.24) is 5.32 Å². The lowest BCUT2D eigenvalue weighted by Gasteiger charge is -2.10. The first-order valence-corrected chi connectivity index (χ1v) is 11.4. The van der Waals surface area contributed by atoms with Crippen LogP contribution in [-0.4, -0.2) is 25.5 Å². The summed E-state index contributed by atoms with van der Waals surface area (Å²) in [6, 6.07) is 16.2. The van der Waals surface area contributed by atoms with E-state index in [-0.39, 0.29) is 18.1 Å². The van der Waals surface area contributed by atoms with Gasteiger partial charge >= 0.3 is 5.97 Å². The summed E-state index contributed by atoms with van der Waals surface area (Å²) in [5.74, 6) is -0.206. The summed E-state index contributed by atoms with van der Waals surface area (Å²) in [7, 11) is 1.34. The monoisotopic (exact) mass is 448 g/mol. The van der Waals surface area contributed by atoms with Crippen molar-refractivity contribution < 1.29 is 19.1 Å². The molecule has 6 heteroatoms. The Hall–Kier alpha value is -3.59. The second-order valence-electron chi connectivity index (χ2n) is 7.71. The molecule has 0 fully saturated rings. The topological polar surface area (TPSA) is 88.4 Å². The third kappa shape index (κ3) is 8.82. The van der Waals surface area contributed by atoms with E-state index in [1.54, 1.807) is 42.5 Å². The first kappa shape index (κ1) is 25.7. The molecule has 1 amide bonds. The Balaban J connectivity index is 1.96. The molecule has 0 saturated carbocycles. The number of hydrogen-bond acceptors (Lipinski definition) is 5. The zero-order chi connectivity index (χ0) is 23.9. The third-order valence-corrected chi connectivity index (χ3v) is 5.17. The Labute approximate surface area is 196 Å². The smallest absolute Gasteiger partial charge is 0.337 e. The first-order valence-electron chi connectivity index (χ1n) is 11.4. The highest BCUT2D eigenvalue weighted by atomic mass is 16.5. The van der Waals surface area contributed by atoms with Gasteiger partial charge < -0.3 is 14.8 Å². The number of esters is 1. The van der Waals surface area contributed by atoms with Crippen LogP contribution in [0.5, 0.6) is 5.75 Å². The second-order valence-corrected chi connectivity index (χ2v) is 7.71. The predicted molar refractivity (Wildman–Crippen MR) is 129 cm³/mol. The van der Waals surface area contributed by atoms with Crippen molar-refractivity contribution in [2.45, 2.75) is 52.1 Å². The van der Waals surface area contributed by atoms with Crippen LogP contribution in [0.1, 0.15) is 66.9 Å². The quantitative estimate of drug-likeness (QED) is 0.191. The number of carbonyl (C=O) groups is 2. The molecule has 6 nitrogen and oxygen atoms in total. The molecule has 0 saturated heterocycles. The van der Waals surface area contributed by atoms with Crippen molar-refractivity contribution in [3.05, 3.63) is 70.8 Å². The van der Waals surface area contributed by atoms with Gasteiger partial charge in [-0.15, -0.1) is 0 Å². The van der Waals surface area contributed by atoms with E-state index in [0.717, 1.165) is 18.4 Å². The van der Waals surface area contributed by atoms with Gasteiger partial charge in [0.15, 0.2) is 0 Å². The van der Waals surface area contributed by atoms with E-state index in [1.165, 1.54) is 32.8 Å². The van der Waals surface area contributed by atoms with E-state index in [9.17, 15) is 14.9 Å². The van der Waals surface area contributed by atoms with Crippen LogP contribution in [-0.2, 0) is 16.1 Å². The number of benzene rings is 2. The van der Waals surface area contributed by atoms with Gasteiger partial charge in [-0.2, -0.15) is 5.26 Å². The van der Waals surface area contributed by atoms with Crippen molar-refractivity contribution in [1.29, 1.82) is 5.26 Å². The van der Waals surface area contributed by atoms with Crippen LogP contribution in [0.4, 0.5) is 0 Å². The number of carbonyl (C=O) groups excluding carboxylic acids is 2. The number of unbranched alkanes of at least 4 members (excludes halogenated alkanes) is 5. The molecule has 2 aromatic carbocycles. The lowest BCUT2D eigenvalue weighted by atomic mass is 10.1. The second kappa shape index (κ2) is 14.5. The minimum atomic E-state index is -0.392. The molecule has 0 radical (unpaired) electrons. The maximum absolute atomic E-state index is 12.4. The SMILES string of the molecule is CCCCCCCCNC(=O)C(C#N)=Cc1ccccc1OCc1ccc(C(=O)OC)cc1. The summed E-state index contributed by atoms with van der Waals surface area (Å²) in [6.45, 7) is 3.02. The van der Waals surface area contributed by atoms with E-state index >= 15 is 0 Å². The number of nitrogens with zero attached hydrogens (tertiary/aromatic N) is 1. The van der Waals surface area contributed by atoms with Crippen molar-refractivity contribution in [2.75, 3.05) is 13.7 Å². The number of ether oxygens (including phenoxy) is 2. The van der Waals surface area contributed by atoms with E-state index in [4.69, 9.17) is 9.47 Å². The molecule has 0 atom stereocenters. The number of methoxy groups -OCH3 is 1. The minimum Gasteiger partial charge on any atom is -0.488 e. The van der Waals surface area contributed by atoms with Crippen LogP contribution in [0.25, 0.3) is 6.08 Å². The van der Waals surface area contributed by atoms with Gasteiger partial charge in [0.05, 0.1) is 12.7 Å². The molecule has 0 aromatic heterocycles. The van der Waals surface area contributed by atoms with Crippen LogP contribution in [0, 0.1) is 11.3 Å². The van der Waals surface area contributed by atoms with Crippen LogP contribution in [0.2, 0.25) is 0 Å². The lowest BCUT2D eigenvalue weighted by molar-refractivity contribution is -0.117. The highest BCUT2D eigenvalue weighted by molar-refractivity contribution is 6.01. The van der Waals surface area contributed by atoms with Crippen molar-refractivity contribution in [3.8, 4) is 11.8 Å². The molecular formula is C27H32N2O4. The number of hydrogen-bond donors (Lipinski definition) is 1. The molecule has 0 heterocycles. The lowest BCUT2D eigenvalue weighted by Crippen LogP contribution is -2.25. The first-order chi connectivity index (χ1) is 16.1. The standard InChI is InChI=1S/C27H32N2O4/c1-3-4-5-6-7-10-17-29-26(30)24(19-28)18-23-11-8-9-12-25(23)33-20-21-13-15-22(16-14-21)27(31)32-2/h8-9,11-16,18H,3-7,10,17,20H2,1-2H3,(H,29,30). The summed E-state index contributed by atoms with van der Waals surface area (Å²) in [5.41, 5.74) is 2.03. The van der Waals surface area contributed by atoms with Gasteiger partial charge in [-0.25, -0.2) is 4.79 Å². The van der Waals surface area contributed by atoms with E-state index in [1.807, 2.05) is 18.2 Å². The normalized spacial score (nSPS) is 10.9. The van der Waals surface area contributed by atoms with Gasteiger partial charge in [-0.1, -0.05) is 69.4 Å². The van der Waals surface area contributed by atoms with Crippen LogP contribution in [0.15, 0.2) is 54.1 Å². The molecule has 33 heavy (non-hydrogen) atoms. The van der Waals surface area contributed by atoms with Crippen molar-refractivity contribution in [3.63, 3.8) is 0 Å². The summed E-state index contributed by atoms with van der Waals surface area (Å²) < 4.78 is 10.6. The molecule has 0 aliphatic heterocycles. The fourth-order valence-corrected chi connectivity index (χ4v) is 3.25. The Morgan fingerprint density at radius 2 is 1.70 bits per heavy atom. The third-order valence-electron chi connectivity index (χ3n) is 5.17. The van der Waals surface area contributed by atoms with Gasteiger partial charge in [0.2, 0.25) is 0 Å². The Bertz CT molecular complexity index is 974. The maximum atomic E-state index is 12.4. The zero-order valence-corrected chi connectivity index (χ0v) is 19.4. The predicted octanol–water partition coefficient (Wildman–Crippen LogP) is 5.44. The molecule has 0 unspecified atom stereocenters. The van der Waals surface area contributed by atoms with Crippen LogP contribution in [0.3, 0.4) is 0 Å². The van der Waals surface area contributed by atoms with Gasteiger partial charge in [0.25, 0.3) is 5.91 Å². The minimum absolute atomic E-state index is 0.0412. The van der Waals surface area contributed by atoms with E-state index in [0.29, 0.717) is 23.4 Å². The maximum Gasteiger partial charge on any atom is 0.337 e. The molecular weight excluding hydrogens is 416 g/mol. The van der Waals surface area contributed by atoms with Crippen molar-refractivity contribution in [2.24, 2.45) is 0 Å². The summed E-state index contributed by atoms with van der Waals surface area (Å²) in [6.07, 6.45) is 8.37. The summed E-state index contributed by atoms with van der Waals surface area (Å²) in [4.78, 5) is 24.0. The number of para-hydroxylation sites is 1. The van der Waals surface area contributed by atoms with Crippen molar-refractivity contribution >= 4 is 18.0 Å². The summed E-state index contributed by atoms with van der Waals surface area (Å²) >= 11 is 0. The number of nitriles is 1. The highest BCUT2D eigenvalue weighted by Crippen LogP contribution is 2.22. The highest BCUT2D eigenvalue weighted by Gasteiger charge is 2.11. The Morgan fingerprint density at radius 1 is 1.00 bits per heavy atom. The average Bonchev–Trinajstić information content (AvgIpc) is 2.85. The summed E-state index contributed by atoms with van der Waals surface area (Å²) in [5, 5.41) is 12.3. The molecule has 0 aliphatic carbocycles. The molecule has 0 aliphatic rings. The molecule has 0 bridgehead atoms. The number of amides is 1. The van der Waals surface area contributed by atoms with Crippen LogP contribution < -0.4 is 10.1 Å². The van der Waals surface area contributed by atoms with Gasteiger partial charge in [0, 0.05) is 12.1 Å². The fraction of sp³-hybridized carbons (Fsp3) is 0.370. The van der Waals surface area contributed by atoms with E-state index < -0.39 is 5.97 Å². The molecule has 2 aromatic rings. The molecule has 2 rings (SSSR count). The Kier molecular flexibility index (Phi) is 11.3. The number of rotatable bonds is 13. The molecule has 1 N–H and O–H groups in total. The molecule has 0 spiro atoms.